The number of aromatic nitrogens is 5. The summed E-state index contributed by atoms with van der Waals surface area (Å²) < 4.78 is 18.4. The van der Waals surface area contributed by atoms with Crippen LogP contribution in [0, 0.1) is 6.92 Å². The number of nitrogens with zero attached hydrogens (tertiary/aromatic N) is 6. The van der Waals surface area contributed by atoms with E-state index < -0.39 is 8.25 Å². The van der Waals surface area contributed by atoms with Gasteiger partial charge in [0, 0.05) is 64.9 Å². The Bertz CT molecular complexity index is 1970. The molecule has 0 radical (unpaired) electrons. The molecule has 12 heteroatoms. The molecule has 1 aliphatic heterocycles. The van der Waals surface area contributed by atoms with Crippen molar-refractivity contribution in [1.29, 1.82) is 0 Å². The van der Waals surface area contributed by atoms with E-state index in [1.807, 2.05) is 61.7 Å². The Morgan fingerprint density at radius 3 is 2.51 bits per heavy atom. The van der Waals surface area contributed by atoms with Gasteiger partial charge in [-0.25, -0.2) is 9.97 Å². The molecule has 0 aliphatic carbocycles. The van der Waals surface area contributed by atoms with Crippen molar-refractivity contribution in [3.8, 4) is 11.4 Å². The molecule has 3 N–H and O–H groups in total. The third kappa shape index (κ3) is 5.65. The highest BCUT2D eigenvalue weighted by Crippen LogP contribution is 2.33. The van der Waals surface area contributed by atoms with Crippen LogP contribution in [0.4, 0.5) is 28.4 Å². The molecule has 0 amide bonds. The van der Waals surface area contributed by atoms with E-state index in [1.54, 1.807) is 17.0 Å². The molecule has 1 atom stereocenters. The zero-order valence-electron chi connectivity index (χ0n) is 23.4. The number of rotatable bonds is 9. The van der Waals surface area contributed by atoms with E-state index in [0.29, 0.717) is 17.0 Å². The van der Waals surface area contributed by atoms with Crippen LogP contribution in [0.15, 0.2) is 85.3 Å². The van der Waals surface area contributed by atoms with Gasteiger partial charge in [-0.1, -0.05) is 0 Å². The van der Waals surface area contributed by atoms with Gasteiger partial charge in [0.25, 0.3) is 0 Å². The highest BCUT2D eigenvalue weighted by atomic mass is 31.1. The van der Waals surface area contributed by atoms with Crippen LogP contribution >= 0.6 is 8.25 Å². The van der Waals surface area contributed by atoms with Gasteiger partial charge in [0.2, 0.25) is 0 Å². The molecule has 43 heavy (non-hydrogen) atoms. The lowest BCUT2D eigenvalue weighted by Gasteiger charge is -2.33. The second-order valence-corrected chi connectivity index (χ2v) is 11.2. The minimum atomic E-state index is -3.16. The zero-order chi connectivity index (χ0) is 29.3. The average Bonchev–Trinajstić information content (AvgIpc) is 3.33. The molecule has 6 aromatic rings. The molecule has 0 saturated carbocycles. The van der Waals surface area contributed by atoms with Crippen LogP contribution in [0.1, 0.15) is 12.1 Å². The molecule has 11 nitrogen and oxygen atoms in total. The highest BCUT2D eigenvalue weighted by molar-refractivity contribution is 7.32. The van der Waals surface area contributed by atoms with E-state index >= 15 is 0 Å². The summed E-state index contributed by atoms with van der Waals surface area (Å²) in [6.45, 7) is 3.94. The van der Waals surface area contributed by atoms with E-state index in [9.17, 15) is 9.46 Å². The second kappa shape index (κ2) is 11.4. The lowest BCUT2D eigenvalue weighted by Crippen LogP contribution is -2.36. The average molecular weight is 593 g/mol. The van der Waals surface area contributed by atoms with Gasteiger partial charge in [-0.3, -0.25) is 23.6 Å². The zero-order valence-corrected chi connectivity index (χ0v) is 24.4. The Labute approximate surface area is 248 Å². The van der Waals surface area contributed by atoms with E-state index in [1.165, 1.54) is 12.1 Å². The van der Waals surface area contributed by atoms with E-state index in [-0.39, 0.29) is 6.73 Å². The first kappa shape index (κ1) is 27.0. The quantitative estimate of drug-likeness (QED) is 0.162. The topological polar surface area (TPSA) is 130 Å². The fraction of sp³-hybridized carbons (Fsp3) is 0.161. The van der Waals surface area contributed by atoms with Crippen LogP contribution in [0.2, 0.25) is 0 Å². The predicted octanol–water partition coefficient (Wildman–Crippen LogP) is 6.40. The van der Waals surface area contributed by atoms with Crippen molar-refractivity contribution in [2.45, 2.75) is 20.1 Å². The molecule has 1 fully saturated rings. The minimum absolute atomic E-state index is 0.151. The lowest BCUT2D eigenvalue weighted by molar-refractivity contribution is 0.223. The Kier molecular flexibility index (Phi) is 7.20. The molecule has 4 aromatic heterocycles. The maximum absolute atomic E-state index is 11.5. The fourth-order valence-corrected chi connectivity index (χ4v) is 5.45. The maximum Gasteiger partial charge on any atom is 0.318 e. The molecule has 1 unspecified atom stereocenters. The molecular formula is C31H29N8O3P. The Morgan fingerprint density at radius 2 is 1.74 bits per heavy atom. The van der Waals surface area contributed by atoms with Crippen molar-refractivity contribution in [3.63, 3.8) is 0 Å². The first-order chi connectivity index (χ1) is 21.0. The highest BCUT2D eigenvalue weighted by Gasteiger charge is 2.17. The summed E-state index contributed by atoms with van der Waals surface area (Å²) in [5.74, 6) is 0.572. The van der Waals surface area contributed by atoms with Crippen LogP contribution < -0.4 is 15.5 Å². The molecule has 5 heterocycles. The molecule has 1 saturated heterocycles. The maximum atomic E-state index is 11.5. The normalized spacial score (nSPS) is 13.7. The monoisotopic (exact) mass is 592 g/mol. The van der Waals surface area contributed by atoms with Gasteiger partial charge in [0.1, 0.15) is 12.6 Å². The minimum Gasteiger partial charge on any atom is -0.371 e. The number of imidazole rings is 1. The molecule has 7 rings (SSSR count). The first-order valence-corrected chi connectivity index (χ1v) is 15.2. The standard InChI is InChI=1S/C31H29N8O3P/c1-20-15-23(9-11-32-20)35-24-16-29-30(34-18-24)37-31(39(29)19-42-43(40)41)21-3-5-22(6-4-21)36-28-10-12-33-27-8-7-25(17-26(27)28)38-13-2-14-38/h3-12,15-18,43H,2,13-14,19H2,1H3,(H,32,35)(H,33,36)(H,40,41). The van der Waals surface area contributed by atoms with Crippen LogP contribution in [-0.2, 0) is 15.8 Å². The number of anilines is 5. The first-order valence-electron chi connectivity index (χ1n) is 13.9. The number of nitrogens with one attached hydrogen (secondary N) is 2. The summed E-state index contributed by atoms with van der Waals surface area (Å²) in [6.07, 6.45) is 6.47. The van der Waals surface area contributed by atoms with Gasteiger partial charge in [0.15, 0.2) is 5.65 Å². The Hall–Kier alpha value is -4.83. The summed E-state index contributed by atoms with van der Waals surface area (Å²) >= 11 is 0. The number of fused-ring (bicyclic) bond motifs is 2. The summed E-state index contributed by atoms with van der Waals surface area (Å²) in [5, 5.41) is 7.93. The molecule has 0 spiro atoms. The van der Waals surface area contributed by atoms with Gasteiger partial charge >= 0.3 is 8.25 Å². The predicted molar refractivity (Wildman–Crippen MR) is 169 cm³/mol. The van der Waals surface area contributed by atoms with Gasteiger partial charge in [-0.05, 0) is 80.1 Å². The molecule has 216 valence electrons. The van der Waals surface area contributed by atoms with Crippen molar-refractivity contribution in [1.82, 2.24) is 24.5 Å². The summed E-state index contributed by atoms with van der Waals surface area (Å²) in [6, 6.07) is 21.9. The second-order valence-electron chi connectivity index (χ2n) is 10.4. The molecule has 2 aromatic carbocycles. The molecule has 0 bridgehead atoms. The van der Waals surface area contributed by atoms with Crippen molar-refractivity contribution in [2.24, 2.45) is 0 Å². The summed E-state index contributed by atoms with van der Waals surface area (Å²) in [4.78, 5) is 29.9. The number of hydrogen-bond donors (Lipinski definition) is 3. The lowest BCUT2D eigenvalue weighted by atomic mass is 10.1. The Morgan fingerprint density at radius 1 is 0.907 bits per heavy atom. The number of aryl methyl sites for hydroxylation is 1. The van der Waals surface area contributed by atoms with Crippen LogP contribution in [-0.4, -0.2) is 42.5 Å². The van der Waals surface area contributed by atoms with Gasteiger partial charge < -0.3 is 20.4 Å². The third-order valence-electron chi connectivity index (χ3n) is 7.48. The van der Waals surface area contributed by atoms with Crippen LogP contribution in [0.5, 0.6) is 0 Å². The molecule has 1 aliphatic rings. The van der Waals surface area contributed by atoms with Crippen molar-refractivity contribution < 1.29 is 14.0 Å². The Balaban J connectivity index is 1.19. The van der Waals surface area contributed by atoms with Crippen LogP contribution in [0.3, 0.4) is 0 Å². The summed E-state index contributed by atoms with van der Waals surface area (Å²) in [5.41, 5.74) is 8.49. The number of benzene rings is 2. The summed E-state index contributed by atoms with van der Waals surface area (Å²) in [7, 11) is -3.16. The van der Waals surface area contributed by atoms with Gasteiger partial charge in [-0.15, -0.1) is 0 Å². The third-order valence-corrected chi connectivity index (χ3v) is 7.85. The van der Waals surface area contributed by atoms with E-state index in [0.717, 1.165) is 58.0 Å². The van der Waals surface area contributed by atoms with Gasteiger partial charge in [-0.2, -0.15) is 0 Å². The SMILES string of the molecule is Cc1cc(Nc2cnc3nc(-c4ccc(Nc5ccnc6ccc(N7CCC7)cc56)cc4)n(CO[PH](=O)O)c3c2)ccn1. The fourth-order valence-electron chi connectivity index (χ4n) is 5.21. The largest absolute Gasteiger partial charge is 0.371 e. The van der Waals surface area contributed by atoms with Crippen molar-refractivity contribution in [2.75, 3.05) is 28.6 Å². The van der Waals surface area contributed by atoms with E-state index in [2.05, 4.69) is 48.7 Å². The van der Waals surface area contributed by atoms with E-state index in [4.69, 9.17) is 9.51 Å². The number of hydrogen-bond acceptors (Lipinski definition) is 9. The van der Waals surface area contributed by atoms with Crippen molar-refractivity contribution in [3.05, 3.63) is 91.0 Å². The van der Waals surface area contributed by atoms with Gasteiger partial charge in [0.05, 0.1) is 22.9 Å². The van der Waals surface area contributed by atoms with Crippen molar-refractivity contribution >= 4 is 58.8 Å². The van der Waals surface area contributed by atoms with Crippen LogP contribution in [0.25, 0.3) is 33.5 Å². The smallest absolute Gasteiger partial charge is 0.318 e. The number of pyridine rings is 3. The molecular weight excluding hydrogens is 563 g/mol.